The zero-order valence-electron chi connectivity index (χ0n) is 16.2. The zero-order chi connectivity index (χ0) is 20.7. The SMILES string of the molecule is CC(C)C[C@@H](Nc1nc(C2C=NN3C=CC=CC23)c2c(c1F)CNC2=O)C(N)=O. The molecule has 2 unspecified atom stereocenters. The Morgan fingerprint density at radius 2 is 2.24 bits per heavy atom. The van der Waals surface area contributed by atoms with E-state index in [0.717, 1.165) is 0 Å². The van der Waals surface area contributed by atoms with Gasteiger partial charge in [0.05, 0.1) is 23.2 Å². The number of primary amides is 1. The number of nitrogens with one attached hydrogen (secondary N) is 2. The molecule has 4 heterocycles. The Morgan fingerprint density at radius 3 is 2.97 bits per heavy atom. The van der Waals surface area contributed by atoms with Crippen molar-refractivity contribution in [3.05, 3.63) is 47.1 Å². The summed E-state index contributed by atoms with van der Waals surface area (Å²) in [6.07, 6.45) is 9.70. The molecule has 0 spiro atoms. The lowest BCUT2D eigenvalue weighted by atomic mass is 9.91. The van der Waals surface area contributed by atoms with Gasteiger partial charge in [0.1, 0.15) is 6.04 Å². The number of nitrogens with two attached hydrogens (primary N) is 1. The first-order valence-electron chi connectivity index (χ1n) is 9.60. The summed E-state index contributed by atoms with van der Waals surface area (Å²) in [4.78, 5) is 28.8. The van der Waals surface area contributed by atoms with Crippen LogP contribution in [0.5, 0.6) is 0 Å². The van der Waals surface area contributed by atoms with Gasteiger partial charge < -0.3 is 16.4 Å². The Bertz CT molecular complexity index is 955. The molecule has 0 aliphatic carbocycles. The molecule has 1 aromatic rings. The number of nitrogens with zero attached hydrogens (tertiary/aromatic N) is 3. The fraction of sp³-hybridized carbons (Fsp3) is 0.400. The number of hydrogen-bond donors (Lipinski definition) is 3. The first kappa shape index (κ1) is 19.1. The summed E-state index contributed by atoms with van der Waals surface area (Å²) in [5, 5.41) is 11.7. The first-order valence-corrected chi connectivity index (χ1v) is 9.60. The van der Waals surface area contributed by atoms with Gasteiger partial charge in [-0.2, -0.15) is 5.10 Å². The van der Waals surface area contributed by atoms with E-state index in [4.69, 9.17) is 5.73 Å². The maximum Gasteiger partial charge on any atom is 0.253 e. The van der Waals surface area contributed by atoms with Crippen LogP contribution in [0.15, 0.2) is 29.5 Å². The van der Waals surface area contributed by atoms with Crippen LogP contribution in [0.4, 0.5) is 10.2 Å². The van der Waals surface area contributed by atoms with Gasteiger partial charge in [0.15, 0.2) is 11.6 Å². The van der Waals surface area contributed by atoms with Crippen molar-refractivity contribution in [3.8, 4) is 0 Å². The van der Waals surface area contributed by atoms with Crippen molar-refractivity contribution in [2.24, 2.45) is 16.8 Å². The minimum absolute atomic E-state index is 0.0677. The van der Waals surface area contributed by atoms with E-state index in [-0.39, 0.29) is 47.3 Å². The average molecular weight is 398 g/mol. The van der Waals surface area contributed by atoms with Crippen LogP contribution in [0.2, 0.25) is 0 Å². The molecule has 0 saturated heterocycles. The topological polar surface area (TPSA) is 113 Å². The Kier molecular flexibility index (Phi) is 4.81. The van der Waals surface area contributed by atoms with Gasteiger partial charge in [-0.15, -0.1) is 0 Å². The summed E-state index contributed by atoms with van der Waals surface area (Å²) in [5.41, 5.74) is 6.43. The highest BCUT2D eigenvalue weighted by Crippen LogP contribution is 2.36. The minimum atomic E-state index is -0.765. The van der Waals surface area contributed by atoms with E-state index in [1.165, 1.54) is 0 Å². The standard InChI is InChI=1S/C20H23FN6O2/c1-10(2)7-13(18(22)28)25-19-16(21)12-8-23-20(29)15(12)17(26-19)11-9-24-27-6-4-3-5-14(11)27/h3-6,9-11,13-14H,7-8H2,1-2H3,(H2,22,28)(H,23,29)(H,25,26)/t11?,13-,14?/m1/s1. The second-order valence-corrected chi connectivity index (χ2v) is 7.81. The van der Waals surface area contributed by atoms with Crippen LogP contribution in [0.25, 0.3) is 0 Å². The lowest BCUT2D eigenvalue weighted by molar-refractivity contribution is -0.119. The number of anilines is 1. The van der Waals surface area contributed by atoms with Crippen LogP contribution in [-0.4, -0.2) is 40.1 Å². The number of aromatic nitrogens is 1. The highest BCUT2D eigenvalue weighted by molar-refractivity contribution is 6.01. The van der Waals surface area contributed by atoms with Crippen molar-refractivity contribution in [1.29, 1.82) is 0 Å². The lowest BCUT2D eigenvalue weighted by Gasteiger charge is -2.25. The molecule has 0 fully saturated rings. The molecule has 3 aliphatic heterocycles. The number of halogens is 1. The fourth-order valence-corrected chi connectivity index (χ4v) is 3.90. The average Bonchev–Trinajstić information content (AvgIpc) is 3.27. The van der Waals surface area contributed by atoms with Gasteiger partial charge in [0.2, 0.25) is 5.91 Å². The summed E-state index contributed by atoms with van der Waals surface area (Å²) in [7, 11) is 0. The zero-order valence-corrected chi connectivity index (χ0v) is 16.2. The summed E-state index contributed by atoms with van der Waals surface area (Å²) >= 11 is 0. The van der Waals surface area contributed by atoms with Crippen molar-refractivity contribution < 1.29 is 14.0 Å². The maximum atomic E-state index is 15.2. The normalized spacial score (nSPS) is 22.6. The molecule has 8 nitrogen and oxygen atoms in total. The molecule has 0 aromatic carbocycles. The van der Waals surface area contributed by atoms with E-state index in [1.54, 1.807) is 11.2 Å². The van der Waals surface area contributed by atoms with Crippen LogP contribution >= 0.6 is 0 Å². The smallest absolute Gasteiger partial charge is 0.253 e. The number of amides is 2. The van der Waals surface area contributed by atoms with Crippen molar-refractivity contribution >= 4 is 23.8 Å². The summed E-state index contributed by atoms with van der Waals surface area (Å²) in [6, 6.07) is -0.912. The van der Waals surface area contributed by atoms with Crippen LogP contribution in [0.3, 0.4) is 0 Å². The molecule has 1 aromatic heterocycles. The van der Waals surface area contributed by atoms with Crippen molar-refractivity contribution in [2.75, 3.05) is 5.32 Å². The Morgan fingerprint density at radius 1 is 1.45 bits per heavy atom. The predicted molar refractivity (Wildman–Crippen MR) is 107 cm³/mol. The molecule has 2 amide bonds. The molecule has 4 rings (SSSR count). The number of carbonyl (C=O) groups excluding carboxylic acids is 2. The molecule has 152 valence electrons. The molecular weight excluding hydrogens is 375 g/mol. The van der Waals surface area contributed by atoms with E-state index in [9.17, 15) is 9.59 Å². The van der Waals surface area contributed by atoms with E-state index >= 15 is 4.39 Å². The van der Waals surface area contributed by atoms with Crippen LogP contribution < -0.4 is 16.4 Å². The molecule has 29 heavy (non-hydrogen) atoms. The number of carbonyl (C=O) groups is 2. The van der Waals surface area contributed by atoms with Gasteiger partial charge in [0.25, 0.3) is 5.91 Å². The fourth-order valence-electron chi connectivity index (χ4n) is 3.90. The van der Waals surface area contributed by atoms with E-state index < -0.39 is 17.8 Å². The third-order valence-electron chi connectivity index (χ3n) is 5.29. The first-order chi connectivity index (χ1) is 13.9. The number of allylic oxidation sites excluding steroid dienone is 2. The van der Waals surface area contributed by atoms with Crippen LogP contribution in [0, 0.1) is 11.7 Å². The third-order valence-corrected chi connectivity index (χ3v) is 5.29. The van der Waals surface area contributed by atoms with Crippen molar-refractivity contribution in [2.45, 2.75) is 44.8 Å². The van der Waals surface area contributed by atoms with E-state index in [2.05, 4.69) is 20.7 Å². The molecule has 4 N–H and O–H groups in total. The van der Waals surface area contributed by atoms with Gasteiger partial charge in [-0.3, -0.25) is 14.6 Å². The quantitative estimate of drug-likeness (QED) is 0.674. The maximum absolute atomic E-state index is 15.2. The molecular formula is C20H23FN6O2. The Hall–Kier alpha value is -3.23. The summed E-state index contributed by atoms with van der Waals surface area (Å²) in [5.74, 6) is -1.79. The third kappa shape index (κ3) is 3.37. The number of rotatable bonds is 6. The highest BCUT2D eigenvalue weighted by Gasteiger charge is 2.38. The summed E-state index contributed by atoms with van der Waals surface area (Å²) in [6.45, 7) is 3.97. The minimum Gasteiger partial charge on any atom is -0.368 e. The van der Waals surface area contributed by atoms with Crippen LogP contribution in [-0.2, 0) is 11.3 Å². The highest BCUT2D eigenvalue weighted by atomic mass is 19.1. The van der Waals surface area contributed by atoms with Crippen molar-refractivity contribution in [3.63, 3.8) is 0 Å². The second kappa shape index (κ2) is 7.31. The van der Waals surface area contributed by atoms with E-state index in [0.29, 0.717) is 12.1 Å². The monoisotopic (exact) mass is 398 g/mol. The lowest BCUT2D eigenvalue weighted by Crippen LogP contribution is -2.37. The molecule has 0 radical (unpaired) electrons. The Labute approximate surface area is 167 Å². The number of pyridine rings is 1. The van der Waals surface area contributed by atoms with Crippen molar-refractivity contribution in [1.82, 2.24) is 15.3 Å². The van der Waals surface area contributed by atoms with Gasteiger partial charge in [-0.05, 0) is 18.4 Å². The molecule has 3 atom stereocenters. The van der Waals surface area contributed by atoms with Gasteiger partial charge >= 0.3 is 0 Å². The van der Waals surface area contributed by atoms with Gasteiger partial charge in [-0.25, -0.2) is 9.37 Å². The number of fused-ring (bicyclic) bond motifs is 2. The number of hydrazone groups is 1. The van der Waals surface area contributed by atoms with Gasteiger partial charge in [-0.1, -0.05) is 26.0 Å². The summed E-state index contributed by atoms with van der Waals surface area (Å²) < 4.78 is 15.2. The second-order valence-electron chi connectivity index (χ2n) is 7.81. The van der Waals surface area contributed by atoms with Crippen LogP contribution in [0.1, 0.15) is 47.8 Å². The molecule has 0 saturated carbocycles. The number of hydrogen-bond acceptors (Lipinski definition) is 6. The predicted octanol–water partition coefficient (Wildman–Crippen LogP) is 1.61. The van der Waals surface area contributed by atoms with E-state index in [1.807, 2.05) is 38.3 Å². The molecule has 9 heteroatoms. The largest absolute Gasteiger partial charge is 0.368 e. The Balaban J connectivity index is 1.77. The molecule has 0 bridgehead atoms. The molecule has 3 aliphatic rings. The van der Waals surface area contributed by atoms with Gasteiger partial charge in [0, 0.05) is 24.5 Å².